The van der Waals surface area contributed by atoms with Gasteiger partial charge in [0.15, 0.2) is 0 Å². The van der Waals surface area contributed by atoms with Crippen LogP contribution in [-0.4, -0.2) is 20.1 Å². The molecule has 2 aromatic carbocycles. The Morgan fingerprint density at radius 2 is 1.83 bits per heavy atom. The van der Waals surface area contributed by atoms with E-state index in [0.717, 1.165) is 17.5 Å². The van der Waals surface area contributed by atoms with Gasteiger partial charge in [-0.05, 0) is 35.6 Å². The van der Waals surface area contributed by atoms with Gasteiger partial charge in [0.05, 0.1) is 5.75 Å². The van der Waals surface area contributed by atoms with Gasteiger partial charge in [-0.3, -0.25) is 0 Å². The molecule has 6 heteroatoms. The molecule has 0 unspecified atom stereocenters. The fourth-order valence-corrected chi connectivity index (χ4v) is 4.46. The van der Waals surface area contributed by atoms with Crippen LogP contribution in [-0.2, 0) is 27.8 Å². The summed E-state index contributed by atoms with van der Waals surface area (Å²) in [6, 6.07) is 14.4. The van der Waals surface area contributed by atoms with Crippen LogP contribution >= 0.6 is 11.6 Å². The number of benzene rings is 2. The summed E-state index contributed by atoms with van der Waals surface area (Å²) in [6.07, 6.45) is 1.26. The Hall–Kier alpha value is -1.40. The van der Waals surface area contributed by atoms with Gasteiger partial charge >= 0.3 is 0 Å². The van der Waals surface area contributed by atoms with E-state index >= 15 is 0 Å². The standard InChI is InChI=1S/C17H18ClNO3S/c18-16-8-4-2-6-14(16)11-23(21,22)19-12-17(20)10-9-13-5-1-3-7-15(13)17/h1-8,19-20H,9-12H2/t17-/m1/s1. The number of aryl methyl sites for hydroxylation is 1. The molecular weight excluding hydrogens is 334 g/mol. The Kier molecular flexibility index (Phi) is 4.47. The highest BCUT2D eigenvalue weighted by atomic mass is 35.5. The van der Waals surface area contributed by atoms with E-state index in [1.165, 1.54) is 0 Å². The first-order valence-corrected chi connectivity index (χ1v) is 9.44. The van der Waals surface area contributed by atoms with Gasteiger partial charge in [0.1, 0.15) is 5.60 Å². The first kappa shape index (κ1) is 16.5. The van der Waals surface area contributed by atoms with Crippen LogP contribution in [0.4, 0.5) is 0 Å². The smallest absolute Gasteiger partial charge is 0.215 e. The zero-order valence-electron chi connectivity index (χ0n) is 12.5. The van der Waals surface area contributed by atoms with E-state index in [4.69, 9.17) is 11.6 Å². The molecule has 0 heterocycles. The van der Waals surface area contributed by atoms with Crippen molar-refractivity contribution in [1.29, 1.82) is 0 Å². The van der Waals surface area contributed by atoms with Gasteiger partial charge in [0, 0.05) is 11.6 Å². The van der Waals surface area contributed by atoms with Gasteiger partial charge in [-0.15, -0.1) is 0 Å². The number of hydrogen-bond donors (Lipinski definition) is 2. The van der Waals surface area contributed by atoms with Gasteiger partial charge in [0.2, 0.25) is 10.0 Å². The van der Waals surface area contributed by atoms with Crippen molar-refractivity contribution >= 4 is 21.6 Å². The van der Waals surface area contributed by atoms with Crippen LogP contribution in [0.3, 0.4) is 0 Å². The lowest BCUT2D eigenvalue weighted by molar-refractivity contribution is 0.0442. The van der Waals surface area contributed by atoms with Crippen molar-refractivity contribution in [2.45, 2.75) is 24.2 Å². The fraction of sp³-hybridized carbons (Fsp3) is 0.294. The maximum Gasteiger partial charge on any atom is 0.215 e. The number of nitrogens with one attached hydrogen (secondary N) is 1. The normalized spacial score (nSPS) is 20.4. The molecule has 0 spiro atoms. The number of sulfonamides is 1. The molecule has 0 saturated carbocycles. The SMILES string of the molecule is O=S(=O)(Cc1ccccc1Cl)NC[C@]1(O)CCc2ccccc21. The Morgan fingerprint density at radius 3 is 2.61 bits per heavy atom. The van der Waals surface area contributed by atoms with Gasteiger partial charge in [-0.1, -0.05) is 54.1 Å². The molecule has 0 aromatic heterocycles. The zero-order valence-corrected chi connectivity index (χ0v) is 14.1. The second-order valence-corrected chi connectivity index (χ2v) is 8.07. The van der Waals surface area contributed by atoms with Crippen LogP contribution in [0.25, 0.3) is 0 Å². The number of rotatable bonds is 5. The summed E-state index contributed by atoms with van der Waals surface area (Å²) in [5, 5.41) is 11.2. The lowest BCUT2D eigenvalue weighted by Gasteiger charge is -2.24. The van der Waals surface area contributed by atoms with Crippen LogP contribution < -0.4 is 4.72 Å². The highest BCUT2D eigenvalue weighted by Gasteiger charge is 2.37. The van der Waals surface area contributed by atoms with E-state index in [-0.39, 0.29) is 12.3 Å². The summed E-state index contributed by atoms with van der Waals surface area (Å²) in [5.74, 6) is -0.204. The molecule has 0 radical (unpaired) electrons. The number of hydrogen-bond acceptors (Lipinski definition) is 3. The summed E-state index contributed by atoms with van der Waals surface area (Å²) in [6.45, 7) is -0.0310. The Labute approximate surface area is 141 Å². The fourth-order valence-electron chi connectivity index (χ4n) is 2.95. The predicted octanol–water partition coefficient (Wildman–Crippen LogP) is 2.59. The summed E-state index contributed by atoms with van der Waals surface area (Å²) in [4.78, 5) is 0. The Bertz CT molecular complexity index is 822. The highest BCUT2D eigenvalue weighted by Crippen LogP contribution is 2.36. The van der Waals surface area contributed by atoms with Crippen molar-refractivity contribution in [1.82, 2.24) is 4.72 Å². The summed E-state index contributed by atoms with van der Waals surface area (Å²) in [5.41, 5.74) is 1.27. The maximum atomic E-state index is 12.3. The topological polar surface area (TPSA) is 66.4 Å². The Morgan fingerprint density at radius 1 is 1.13 bits per heavy atom. The summed E-state index contributed by atoms with van der Waals surface area (Å²) < 4.78 is 27.1. The van der Waals surface area contributed by atoms with Crippen molar-refractivity contribution in [2.24, 2.45) is 0 Å². The molecule has 2 N–H and O–H groups in total. The van der Waals surface area contributed by atoms with E-state index in [9.17, 15) is 13.5 Å². The lowest BCUT2D eigenvalue weighted by Crippen LogP contribution is -2.39. The summed E-state index contributed by atoms with van der Waals surface area (Å²) >= 11 is 6.01. The third-order valence-electron chi connectivity index (χ3n) is 4.21. The minimum atomic E-state index is -3.58. The molecule has 0 saturated heterocycles. The van der Waals surface area contributed by atoms with Crippen LogP contribution in [0.15, 0.2) is 48.5 Å². The molecule has 2 aromatic rings. The molecule has 1 atom stereocenters. The molecule has 0 amide bonds. The molecule has 4 nitrogen and oxygen atoms in total. The molecule has 1 aliphatic rings. The Balaban J connectivity index is 1.72. The van der Waals surface area contributed by atoms with Crippen LogP contribution in [0, 0.1) is 0 Å². The van der Waals surface area contributed by atoms with E-state index in [1.54, 1.807) is 24.3 Å². The largest absolute Gasteiger partial charge is 0.384 e. The number of fused-ring (bicyclic) bond motifs is 1. The van der Waals surface area contributed by atoms with Crippen LogP contribution in [0.1, 0.15) is 23.1 Å². The third kappa shape index (κ3) is 3.58. The van der Waals surface area contributed by atoms with E-state index in [0.29, 0.717) is 17.0 Å². The molecule has 23 heavy (non-hydrogen) atoms. The summed E-state index contributed by atoms with van der Waals surface area (Å²) in [7, 11) is -3.58. The van der Waals surface area contributed by atoms with E-state index in [1.807, 2.05) is 24.3 Å². The second kappa shape index (κ2) is 6.24. The average molecular weight is 352 g/mol. The molecule has 0 aliphatic heterocycles. The van der Waals surface area contributed by atoms with Crippen LogP contribution in [0.2, 0.25) is 5.02 Å². The van der Waals surface area contributed by atoms with Gasteiger partial charge in [-0.25, -0.2) is 13.1 Å². The molecule has 1 aliphatic carbocycles. The van der Waals surface area contributed by atoms with Crippen molar-refractivity contribution < 1.29 is 13.5 Å². The quantitative estimate of drug-likeness (QED) is 0.870. The van der Waals surface area contributed by atoms with Crippen LogP contribution in [0.5, 0.6) is 0 Å². The molecule has 122 valence electrons. The average Bonchev–Trinajstić information content (AvgIpc) is 2.86. The second-order valence-electron chi connectivity index (χ2n) is 5.86. The number of halogens is 1. The van der Waals surface area contributed by atoms with Crippen molar-refractivity contribution in [3.05, 3.63) is 70.2 Å². The molecule has 0 fully saturated rings. The number of aliphatic hydroxyl groups is 1. The highest BCUT2D eigenvalue weighted by molar-refractivity contribution is 7.88. The first-order valence-electron chi connectivity index (χ1n) is 7.41. The van der Waals surface area contributed by atoms with E-state index in [2.05, 4.69) is 4.72 Å². The minimum absolute atomic E-state index is 0.0310. The van der Waals surface area contributed by atoms with Gasteiger partial charge < -0.3 is 5.11 Å². The first-order chi connectivity index (χ1) is 10.9. The molecular formula is C17H18ClNO3S. The minimum Gasteiger partial charge on any atom is -0.384 e. The zero-order chi connectivity index (χ0) is 16.5. The van der Waals surface area contributed by atoms with E-state index < -0.39 is 15.6 Å². The van der Waals surface area contributed by atoms with Gasteiger partial charge in [0.25, 0.3) is 0 Å². The van der Waals surface area contributed by atoms with Gasteiger partial charge in [-0.2, -0.15) is 0 Å². The molecule has 0 bridgehead atoms. The van der Waals surface area contributed by atoms with Crippen molar-refractivity contribution in [3.8, 4) is 0 Å². The maximum absolute atomic E-state index is 12.3. The van der Waals surface area contributed by atoms with Crippen molar-refractivity contribution in [3.63, 3.8) is 0 Å². The van der Waals surface area contributed by atoms with Crippen molar-refractivity contribution in [2.75, 3.05) is 6.54 Å². The molecule has 3 rings (SSSR count). The monoisotopic (exact) mass is 351 g/mol. The lowest BCUT2D eigenvalue weighted by atomic mass is 9.96. The predicted molar refractivity (Wildman–Crippen MR) is 90.7 cm³/mol. The third-order valence-corrected chi connectivity index (χ3v) is 5.86.